The van der Waals surface area contributed by atoms with Crippen molar-refractivity contribution in [2.24, 2.45) is 0 Å². The van der Waals surface area contributed by atoms with Gasteiger partial charge in [-0.1, -0.05) is 0 Å². The Kier molecular flexibility index (Phi) is 2.95. The molecule has 1 amide bonds. The molecule has 0 saturated heterocycles. The lowest BCUT2D eigenvalue weighted by molar-refractivity contribution is 0.0746. The highest BCUT2D eigenvalue weighted by atomic mass is 16.3. The molecule has 3 aromatic rings. The SMILES string of the molecule is CN(Cc1ccco1)C(=O)c1cc2cc(N)ccc2o1. The van der Waals surface area contributed by atoms with Crippen molar-refractivity contribution in [1.29, 1.82) is 0 Å². The molecule has 1 aromatic carbocycles. The van der Waals surface area contributed by atoms with E-state index in [0.29, 0.717) is 23.6 Å². The summed E-state index contributed by atoms with van der Waals surface area (Å²) in [5.74, 6) is 0.817. The summed E-state index contributed by atoms with van der Waals surface area (Å²) in [4.78, 5) is 13.8. The maximum absolute atomic E-state index is 12.3. The van der Waals surface area contributed by atoms with Crippen LogP contribution in [0.3, 0.4) is 0 Å². The van der Waals surface area contributed by atoms with Crippen molar-refractivity contribution in [2.75, 3.05) is 12.8 Å². The minimum absolute atomic E-state index is 0.198. The molecule has 0 saturated carbocycles. The lowest BCUT2D eigenvalue weighted by Gasteiger charge is -2.13. The number of anilines is 1. The van der Waals surface area contributed by atoms with E-state index < -0.39 is 0 Å². The third-order valence-electron chi connectivity index (χ3n) is 3.07. The molecule has 0 aliphatic carbocycles. The van der Waals surface area contributed by atoms with Gasteiger partial charge in [-0.05, 0) is 36.4 Å². The summed E-state index contributed by atoms with van der Waals surface area (Å²) in [5, 5.41) is 0.819. The van der Waals surface area contributed by atoms with Crippen molar-refractivity contribution in [3.8, 4) is 0 Å². The van der Waals surface area contributed by atoms with Gasteiger partial charge < -0.3 is 19.5 Å². The van der Waals surface area contributed by atoms with Gasteiger partial charge in [0.1, 0.15) is 11.3 Å². The second-order valence-electron chi connectivity index (χ2n) is 4.65. The Hall–Kier alpha value is -2.69. The molecule has 5 nitrogen and oxygen atoms in total. The van der Waals surface area contributed by atoms with Gasteiger partial charge in [0.2, 0.25) is 0 Å². The number of amides is 1. The molecule has 5 heteroatoms. The lowest BCUT2D eigenvalue weighted by atomic mass is 10.2. The second-order valence-corrected chi connectivity index (χ2v) is 4.65. The smallest absolute Gasteiger partial charge is 0.289 e. The number of furan rings is 2. The average molecular weight is 270 g/mol. The lowest BCUT2D eigenvalue weighted by Crippen LogP contribution is -2.25. The monoisotopic (exact) mass is 270 g/mol. The molecule has 0 spiro atoms. The molecule has 0 bridgehead atoms. The average Bonchev–Trinajstić information content (AvgIpc) is 3.06. The number of carbonyl (C=O) groups excluding carboxylic acids is 1. The number of rotatable bonds is 3. The van der Waals surface area contributed by atoms with Gasteiger partial charge in [-0.15, -0.1) is 0 Å². The first-order valence-electron chi connectivity index (χ1n) is 6.20. The number of carbonyl (C=O) groups is 1. The Bertz CT molecular complexity index is 744. The van der Waals surface area contributed by atoms with Crippen LogP contribution in [-0.2, 0) is 6.54 Å². The molecule has 0 unspecified atom stereocenters. The Morgan fingerprint density at radius 2 is 2.15 bits per heavy atom. The van der Waals surface area contributed by atoms with E-state index in [0.717, 1.165) is 11.1 Å². The van der Waals surface area contributed by atoms with E-state index in [1.165, 1.54) is 0 Å². The van der Waals surface area contributed by atoms with Crippen LogP contribution >= 0.6 is 0 Å². The van der Waals surface area contributed by atoms with E-state index in [4.69, 9.17) is 14.6 Å². The van der Waals surface area contributed by atoms with Crippen molar-refractivity contribution in [3.63, 3.8) is 0 Å². The number of benzene rings is 1. The van der Waals surface area contributed by atoms with E-state index in [1.54, 1.807) is 48.5 Å². The Labute approximate surface area is 115 Å². The molecule has 0 fully saturated rings. The zero-order valence-electron chi connectivity index (χ0n) is 11.0. The van der Waals surface area contributed by atoms with Crippen LogP contribution in [0.25, 0.3) is 11.0 Å². The molecule has 0 atom stereocenters. The summed E-state index contributed by atoms with van der Waals surface area (Å²) in [6, 6.07) is 10.6. The van der Waals surface area contributed by atoms with E-state index >= 15 is 0 Å². The summed E-state index contributed by atoms with van der Waals surface area (Å²) < 4.78 is 10.8. The van der Waals surface area contributed by atoms with Crippen LogP contribution < -0.4 is 5.73 Å². The van der Waals surface area contributed by atoms with Crippen molar-refractivity contribution in [3.05, 3.63) is 54.2 Å². The molecule has 2 N–H and O–H groups in total. The Balaban J connectivity index is 1.84. The first kappa shape index (κ1) is 12.3. The highest BCUT2D eigenvalue weighted by molar-refractivity contribution is 5.96. The maximum Gasteiger partial charge on any atom is 0.289 e. The van der Waals surface area contributed by atoms with Crippen molar-refractivity contribution < 1.29 is 13.6 Å². The van der Waals surface area contributed by atoms with Gasteiger partial charge in [0.15, 0.2) is 5.76 Å². The van der Waals surface area contributed by atoms with Gasteiger partial charge in [0.25, 0.3) is 5.91 Å². The van der Waals surface area contributed by atoms with Gasteiger partial charge in [-0.2, -0.15) is 0 Å². The third kappa shape index (κ3) is 2.25. The van der Waals surface area contributed by atoms with Crippen LogP contribution in [-0.4, -0.2) is 17.9 Å². The molecule has 20 heavy (non-hydrogen) atoms. The molecule has 0 aliphatic rings. The highest BCUT2D eigenvalue weighted by Gasteiger charge is 2.17. The van der Waals surface area contributed by atoms with Crippen molar-refractivity contribution in [2.45, 2.75) is 6.54 Å². The summed E-state index contributed by atoms with van der Waals surface area (Å²) >= 11 is 0. The number of nitrogens with zero attached hydrogens (tertiary/aromatic N) is 1. The number of hydrogen-bond donors (Lipinski definition) is 1. The van der Waals surface area contributed by atoms with Gasteiger partial charge in [0, 0.05) is 18.1 Å². The fraction of sp³-hybridized carbons (Fsp3) is 0.133. The van der Waals surface area contributed by atoms with Crippen molar-refractivity contribution >= 4 is 22.6 Å². The van der Waals surface area contributed by atoms with E-state index in [-0.39, 0.29) is 5.91 Å². The minimum Gasteiger partial charge on any atom is -0.467 e. The molecule has 0 aliphatic heterocycles. The van der Waals surface area contributed by atoms with E-state index in [9.17, 15) is 4.79 Å². The Morgan fingerprint density at radius 1 is 1.30 bits per heavy atom. The molecular formula is C15H14N2O3. The minimum atomic E-state index is -0.198. The van der Waals surface area contributed by atoms with Gasteiger partial charge in [0.05, 0.1) is 12.8 Å². The number of hydrogen-bond acceptors (Lipinski definition) is 4. The number of fused-ring (bicyclic) bond motifs is 1. The summed E-state index contributed by atoms with van der Waals surface area (Å²) in [6.45, 7) is 0.394. The first-order chi connectivity index (χ1) is 9.63. The summed E-state index contributed by atoms with van der Waals surface area (Å²) in [7, 11) is 1.70. The first-order valence-corrected chi connectivity index (χ1v) is 6.20. The molecule has 102 valence electrons. The van der Waals surface area contributed by atoms with E-state index in [1.807, 2.05) is 6.07 Å². The molecule has 2 heterocycles. The van der Waals surface area contributed by atoms with Crippen LogP contribution in [0.5, 0.6) is 0 Å². The third-order valence-corrected chi connectivity index (χ3v) is 3.07. The fourth-order valence-electron chi connectivity index (χ4n) is 2.06. The van der Waals surface area contributed by atoms with E-state index in [2.05, 4.69) is 0 Å². The predicted molar refractivity (Wildman–Crippen MR) is 75.1 cm³/mol. The largest absolute Gasteiger partial charge is 0.467 e. The quantitative estimate of drug-likeness (QED) is 0.743. The van der Waals surface area contributed by atoms with Crippen molar-refractivity contribution in [1.82, 2.24) is 4.90 Å². The zero-order valence-corrected chi connectivity index (χ0v) is 11.0. The fourth-order valence-corrected chi connectivity index (χ4v) is 2.06. The number of nitrogen functional groups attached to an aromatic ring is 1. The molecular weight excluding hydrogens is 256 g/mol. The Morgan fingerprint density at radius 3 is 2.90 bits per heavy atom. The van der Waals surface area contributed by atoms with Crippen LogP contribution in [0, 0.1) is 0 Å². The van der Waals surface area contributed by atoms with Gasteiger partial charge in [-0.3, -0.25) is 4.79 Å². The standard InChI is InChI=1S/C15H14N2O3/c1-17(9-12-3-2-6-19-12)15(18)14-8-10-7-11(16)4-5-13(10)20-14/h2-8H,9,16H2,1H3. The second kappa shape index (κ2) is 4.77. The van der Waals surface area contributed by atoms with Crippen LogP contribution in [0.4, 0.5) is 5.69 Å². The normalized spacial score (nSPS) is 10.8. The van der Waals surface area contributed by atoms with Crippen LogP contribution in [0.15, 0.2) is 51.5 Å². The van der Waals surface area contributed by atoms with Gasteiger partial charge in [-0.25, -0.2) is 0 Å². The van der Waals surface area contributed by atoms with Gasteiger partial charge >= 0.3 is 0 Å². The highest BCUT2D eigenvalue weighted by Crippen LogP contribution is 2.22. The zero-order chi connectivity index (χ0) is 14.1. The van der Waals surface area contributed by atoms with Crippen LogP contribution in [0.1, 0.15) is 16.3 Å². The molecule has 2 aromatic heterocycles. The number of nitrogens with two attached hydrogens (primary N) is 1. The molecule has 0 radical (unpaired) electrons. The van der Waals surface area contributed by atoms with Crippen LogP contribution in [0.2, 0.25) is 0 Å². The molecule has 3 rings (SSSR count). The maximum atomic E-state index is 12.3. The summed E-state index contributed by atoms with van der Waals surface area (Å²) in [6.07, 6.45) is 1.58. The topological polar surface area (TPSA) is 72.6 Å². The summed E-state index contributed by atoms with van der Waals surface area (Å²) in [5.41, 5.74) is 7.00. The predicted octanol–water partition coefficient (Wildman–Crippen LogP) is 2.88.